The van der Waals surface area contributed by atoms with E-state index >= 15 is 0 Å². The van der Waals surface area contributed by atoms with Crippen LogP contribution < -0.4 is 4.74 Å². The van der Waals surface area contributed by atoms with Gasteiger partial charge in [-0.25, -0.2) is 0 Å². The van der Waals surface area contributed by atoms with E-state index in [1.54, 1.807) is 48.5 Å². The number of carbonyl (C=O) groups excluding carboxylic acids is 3. The molecule has 0 radical (unpaired) electrons. The summed E-state index contributed by atoms with van der Waals surface area (Å²) in [5, 5.41) is 9.62. The number of imide groups is 1. The van der Waals surface area contributed by atoms with Crippen molar-refractivity contribution in [2.45, 2.75) is 12.8 Å². The monoisotopic (exact) mass is 481 g/mol. The number of ether oxygens (including phenoxy) is 1. The first-order chi connectivity index (χ1) is 17.4. The molecule has 3 aromatic carbocycles. The minimum Gasteiger partial charge on any atom is -0.481 e. The number of benzene rings is 3. The Balaban J connectivity index is 1.31. The van der Waals surface area contributed by atoms with Gasteiger partial charge in [0.25, 0.3) is 11.8 Å². The fourth-order valence-electron chi connectivity index (χ4n) is 3.90. The SMILES string of the molecule is O=C(CC(CCN1C(=O)c2ccccc2C1=O)C(=O)O)c1ccc(C#CCOc2ccccc2)cc1. The van der Waals surface area contributed by atoms with E-state index in [2.05, 4.69) is 11.8 Å². The van der Waals surface area contributed by atoms with Crippen molar-refractivity contribution < 1.29 is 29.0 Å². The van der Waals surface area contributed by atoms with Crippen molar-refractivity contribution >= 4 is 23.6 Å². The lowest BCUT2D eigenvalue weighted by Crippen LogP contribution is -2.33. The minimum absolute atomic E-state index is 0.0164. The van der Waals surface area contributed by atoms with Crippen LogP contribution in [0.4, 0.5) is 0 Å². The zero-order chi connectivity index (χ0) is 25.5. The lowest BCUT2D eigenvalue weighted by Gasteiger charge is -2.17. The third kappa shape index (κ3) is 5.68. The molecule has 1 heterocycles. The molecule has 4 rings (SSSR count). The molecule has 1 aliphatic heterocycles. The van der Waals surface area contributed by atoms with Crippen molar-refractivity contribution in [2.24, 2.45) is 5.92 Å². The first-order valence-corrected chi connectivity index (χ1v) is 11.4. The molecule has 36 heavy (non-hydrogen) atoms. The lowest BCUT2D eigenvalue weighted by atomic mass is 9.95. The molecule has 7 heteroatoms. The van der Waals surface area contributed by atoms with Crippen LogP contribution in [0.1, 0.15) is 49.5 Å². The number of Topliss-reactive ketones (excluding diaryl/α,β-unsaturated/α-hetero) is 1. The number of hydrogen-bond acceptors (Lipinski definition) is 5. The quantitative estimate of drug-likeness (QED) is 0.281. The van der Waals surface area contributed by atoms with E-state index in [1.807, 2.05) is 30.3 Å². The van der Waals surface area contributed by atoms with Crippen LogP contribution in [0.3, 0.4) is 0 Å². The van der Waals surface area contributed by atoms with Crippen LogP contribution in [0.15, 0.2) is 78.9 Å². The molecule has 0 saturated carbocycles. The number of carboxylic acids is 1. The molecule has 0 bridgehead atoms. The van der Waals surface area contributed by atoms with Crippen molar-refractivity contribution in [3.8, 4) is 17.6 Å². The maximum absolute atomic E-state index is 12.7. The Morgan fingerprint density at radius 3 is 2.08 bits per heavy atom. The van der Waals surface area contributed by atoms with E-state index in [0.717, 1.165) is 10.6 Å². The van der Waals surface area contributed by atoms with Gasteiger partial charge in [-0.05, 0) is 42.8 Å². The van der Waals surface area contributed by atoms with Crippen LogP contribution in [0.2, 0.25) is 0 Å². The topological polar surface area (TPSA) is 101 Å². The second-order valence-corrected chi connectivity index (χ2v) is 8.24. The van der Waals surface area contributed by atoms with Crippen molar-refractivity contribution in [3.63, 3.8) is 0 Å². The molecule has 1 atom stereocenters. The summed E-state index contributed by atoms with van der Waals surface area (Å²) in [7, 11) is 0. The summed E-state index contributed by atoms with van der Waals surface area (Å²) >= 11 is 0. The molecule has 0 spiro atoms. The number of carboxylic acid groups (broad SMARTS) is 1. The van der Waals surface area contributed by atoms with Gasteiger partial charge >= 0.3 is 5.97 Å². The molecule has 0 aliphatic carbocycles. The van der Waals surface area contributed by atoms with Gasteiger partial charge in [0, 0.05) is 24.1 Å². The van der Waals surface area contributed by atoms with Crippen molar-refractivity contribution in [1.29, 1.82) is 0 Å². The fraction of sp³-hybridized carbons (Fsp3) is 0.172. The number of hydrogen-bond donors (Lipinski definition) is 1. The highest BCUT2D eigenvalue weighted by atomic mass is 16.5. The van der Waals surface area contributed by atoms with Crippen LogP contribution in [-0.2, 0) is 4.79 Å². The van der Waals surface area contributed by atoms with Crippen LogP contribution in [0.5, 0.6) is 5.75 Å². The molecule has 2 amide bonds. The van der Waals surface area contributed by atoms with Gasteiger partial charge in [0.05, 0.1) is 17.0 Å². The lowest BCUT2D eigenvalue weighted by molar-refractivity contribution is -0.142. The third-order valence-electron chi connectivity index (χ3n) is 5.85. The highest BCUT2D eigenvalue weighted by molar-refractivity contribution is 6.21. The predicted octanol–water partition coefficient (Wildman–Crippen LogP) is 4.08. The first kappa shape index (κ1) is 24.4. The number of para-hydroxylation sites is 1. The summed E-state index contributed by atoms with van der Waals surface area (Å²) in [6, 6.07) is 22.4. The van der Waals surface area contributed by atoms with Gasteiger partial charge in [-0.15, -0.1) is 0 Å². The summed E-state index contributed by atoms with van der Waals surface area (Å²) in [5.74, 6) is 3.18. The van der Waals surface area contributed by atoms with Gasteiger partial charge in [-0.1, -0.05) is 54.3 Å². The highest BCUT2D eigenvalue weighted by Gasteiger charge is 2.35. The number of fused-ring (bicyclic) bond motifs is 1. The molecule has 1 N–H and O–H groups in total. The van der Waals surface area contributed by atoms with Crippen molar-refractivity contribution in [2.75, 3.05) is 13.2 Å². The smallest absolute Gasteiger partial charge is 0.307 e. The Kier molecular flexibility index (Phi) is 7.57. The largest absolute Gasteiger partial charge is 0.481 e. The van der Waals surface area contributed by atoms with Gasteiger partial charge in [0.1, 0.15) is 12.4 Å². The number of aliphatic carboxylic acids is 1. The van der Waals surface area contributed by atoms with E-state index < -0.39 is 23.7 Å². The Labute approximate surface area is 208 Å². The molecule has 7 nitrogen and oxygen atoms in total. The molecular weight excluding hydrogens is 458 g/mol. The average molecular weight is 482 g/mol. The zero-order valence-electron chi connectivity index (χ0n) is 19.3. The maximum Gasteiger partial charge on any atom is 0.307 e. The van der Waals surface area contributed by atoms with Gasteiger partial charge in [0.2, 0.25) is 0 Å². The second-order valence-electron chi connectivity index (χ2n) is 8.24. The molecular formula is C29H23NO6. The fourth-order valence-corrected chi connectivity index (χ4v) is 3.90. The summed E-state index contributed by atoms with van der Waals surface area (Å²) in [4.78, 5) is 50.6. The zero-order valence-corrected chi connectivity index (χ0v) is 19.3. The summed E-state index contributed by atoms with van der Waals surface area (Å²) in [5.41, 5.74) is 1.68. The molecule has 0 fully saturated rings. The Bertz CT molecular complexity index is 1320. The Hall–Kier alpha value is -4.70. The molecule has 1 unspecified atom stereocenters. The Morgan fingerprint density at radius 2 is 1.47 bits per heavy atom. The number of rotatable bonds is 9. The van der Waals surface area contributed by atoms with Gasteiger partial charge < -0.3 is 9.84 Å². The minimum atomic E-state index is -1.15. The molecule has 0 aromatic heterocycles. The van der Waals surface area contributed by atoms with E-state index in [0.29, 0.717) is 22.3 Å². The maximum atomic E-state index is 12.7. The van der Waals surface area contributed by atoms with Gasteiger partial charge in [0.15, 0.2) is 5.78 Å². The number of ketones is 1. The van der Waals surface area contributed by atoms with E-state index in [4.69, 9.17) is 4.74 Å². The second kappa shape index (κ2) is 11.2. The van der Waals surface area contributed by atoms with Crippen LogP contribution in [-0.4, -0.2) is 46.7 Å². The van der Waals surface area contributed by atoms with Gasteiger partial charge in [-0.2, -0.15) is 0 Å². The molecule has 1 aliphatic rings. The number of carbonyl (C=O) groups is 4. The van der Waals surface area contributed by atoms with Gasteiger partial charge in [-0.3, -0.25) is 24.1 Å². The van der Waals surface area contributed by atoms with Crippen molar-refractivity contribution in [3.05, 3.63) is 101 Å². The van der Waals surface area contributed by atoms with E-state index in [-0.39, 0.29) is 31.8 Å². The van der Waals surface area contributed by atoms with Crippen LogP contribution >= 0.6 is 0 Å². The van der Waals surface area contributed by atoms with Crippen molar-refractivity contribution in [1.82, 2.24) is 4.90 Å². The normalized spacial score (nSPS) is 12.9. The summed E-state index contributed by atoms with van der Waals surface area (Å²) in [6.45, 7) is 0.147. The molecule has 180 valence electrons. The molecule has 0 saturated heterocycles. The number of amides is 2. The first-order valence-electron chi connectivity index (χ1n) is 11.4. The third-order valence-corrected chi connectivity index (χ3v) is 5.85. The van der Waals surface area contributed by atoms with Crippen LogP contribution in [0, 0.1) is 17.8 Å². The van der Waals surface area contributed by atoms with E-state index in [9.17, 15) is 24.3 Å². The standard InChI is InChI=1S/C29H23NO6/c31-26(21-14-12-20(13-15-21)7-6-18-36-23-8-2-1-3-9-23)19-22(29(34)35)16-17-30-27(32)24-10-4-5-11-25(24)28(30)33/h1-5,8-15,22H,16-19H2,(H,34,35). The molecule has 3 aromatic rings. The predicted molar refractivity (Wildman–Crippen MR) is 132 cm³/mol. The van der Waals surface area contributed by atoms with Crippen LogP contribution in [0.25, 0.3) is 0 Å². The summed E-state index contributed by atoms with van der Waals surface area (Å²) in [6.07, 6.45) is -0.258. The Morgan fingerprint density at radius 1 is 0.861 bits per heavy atom. The number of nitrogens with zero attached hydrogens (tertiary/aromatic N) is 1. The average Bonchev–Trinajstić information content (AvgIpc) is 3.14. The highest BCUT2D eigenvalue weighted by Crippen LogP contribution is 2.24. The summed E-state index contributed by atoms with van der Waals surface area (Å²) < 4.78 is 5.52. The van der Waals surface area contributed by atoms with E-state index in [1.165, 1.54) is 0 Å².